The molecule has 0 bridgehead atoms. The van der Waals surface area contributed by atoms with Crippen LogP contribution in [0.2, 0.25) is 0 Å². The molecule has 0 aromatic heterocycles. The Kier molecular flexibility index (Phi) is 2.94. The van der Waals surface area contributed by atoms with Gasteiger partial charge in [-0.3, -0.25) is 4.79 Å². The van der Waals surface area contributed by atoms with Crippen molar-refractivity contribution in [3.63, 3.8) is 0 Å². The van der Waals surface area contributed by atoms with Crippen molar-refractivity contribution in [1.82, 2.24) is 0 Å². The molecule has 10 heavy (non-hydrogen) atoms. The Balaban J connectivity index is 2.53. The van der Waals surface area contributed by atoms with Crippen LogP contribution in [-0.2, 0) is 4.79 Å². The van der Waals surface area contributed by atoms with E-state index in [1.807, 2.05) is 6.08 Å². The molecule has 1 unspecified atom stereocenters. The second kappa shape index (κ2) is 3.77. The Morgan fingerprint density at radius 2 is 2.30 bits per heavy atom. The lowest BCUT2D eigenvalue weighted by Crippen LogP contribution is -2.12. The minimum atomic E-state index is -0.267. The van der Waals surface area contributed by atoms with Crippen LogP contribution in [0.4, 0.5) is 0 Å². The summed E-state index contributed by atoms with van der Waals surface area (Å²) in [5.41, 5.74) is 0. The molecule has 0 radical (unpaired) electrons. The molecule has 1 rings (SSSR count). The van der Waals surface area contributed by atoms with E-state index in [9.17, 15) is 4.79 Å². The van der Waals surface area contributed by atoms with Gasteiger partial charge >= 0.3 is 0 Å². The summed E-state index contributed by atoms with van der Waals surface area (Å²) in [6, 6.07) is 0. The quantitative estimate of drug-likeness (QED) is 0.495. The second-order valence-electron chi connectivity index (χ2n) is 2.56. The fraction of sp³-hybridized carbons (Fsp3) is 0.625. The number of alkyl halides is 1. The van der Waals surface area contributed by atoms with Gasteiger partial charge in [0.25, 0.3) is 0 Å². The van der Waals surface area contributed by atoms with Crippen LogP contribution in [0.15, 0.2) is 12.2 Å². The van der Waals surface area contributed by atoms with Gasteiger partial charge in [0.1, 0.15) is 0 Å². The predicted octanol–water partition coefficient (Wildman–Crippen LogP) is 2.29. The summed E-state index contributed by atoms with van der Waals surface area (Å²) in [4.78, 5) is 10.9. The molecule has 0 aromatic carbocycles. The summed E-state index contributed by atoms with van der Waals surface area (Å²) in [7, 11) is 0. The van der Waals surface area contributed by atoms with Gasteiger partial charge in [-0.25, -0.2) is 0 Å². The topological polar surface area (TPSA) is 17.1 Å². The summed E-state index contributed by atoms with van der Waals surface area (Å²) in [6.45, 7) is 0. The molecule has 0 spiro atoms. The molecule has 1 aliphatic rings. The van der Waals surface area contributed by atoms with E-state index < -0.39 is 0 Å². The lowest BCUT2D eigenvalue weighted by Gasteiger charge is -2.06. The van der Waals surface area contributed by atoms with E-state index in [-0.39, 0.29) is 11.2 Å². The summed E-state index contributed by atoms with van der Waals surface area (Å²) in [5, 5.41) is -0.267. The highest BCUT2D eigenvalue weighted by atomic mass is 35.5. The zero-order valence-corrected chi connectivity index (χ0v) is 6.60. The third kappa shape index (κ3) is 2.14. The van der Waals surface area contributed by atoms with Crippen LogP contribution < -0.4 is 0 Å². The molecular formula is C8H11ClO. The van der Waals surface area contributed by atoms with Crippen LogP contribution in [0.1, 0.15) is 25.7 Å². The molecule has 1 aliphatic carbocycles. The number of ketones is 1. The number of hydrogen-bond acceptors (Lipinski definition) is 1. The van der Waals surface area contributed by atoms with Crippen LogP contribution in [0.3, 0.4) is 0 Å². The number of rotatable bonds is 0. The lowest BCUT2D eigenvalue weighted by atomic mass is 10.1. The highest BCUT2D eigenvalue weighted by Crippen LogP contribution is 2.13. The first-order valence-electron chi connectivity index (χ1n) is 3.65. The maximum atomic E-state index is 10.9. The molecule has 0 heterocycles. The van der Waals surface area contributed by atoms with E-state index in [1.54, 1.807) is 6.08 Å². The van der Waals surface area contributed by atoms with Crippen LogP contribution >= 0.6 is 11.6 Å². The second-order valence-corrected chi connectivity index (χ2v) is 3.08. The van der Waals surface area contributed by atoms with E-state index in [4.69, 9.17) is 11.6 Å². The van der Waals surface area contributed by atoms with E-state index >= 15 is 0 Å². The van der Waals surface area contributed by atoms with Crippen LogP contribution in [0, 0.1) is 0 Å². The number of allylic oxidation sites excluding steroid dienone is 2. The van der Waals surface area contributed by atoms with Gasteiger partial charge in [-0.1, -0.05) is 12.5 Å². The number of hydrogen-bond donors (Lipinski definition) is 0. The molecule has 1 atom stereocenters. The van der Waals surface area contributed by atoms with Gasteiger partial charge < -0.3 is 0 Å². The standard InChI is InChI=1S/C8H11ClO/c9-7-5-3-1-2-4-6-8(7)10/h4,6-7H,1-3,5H2. The van der Waals surface area contributed by atoms with Gasteiger partial charge in [0.2, 0.25) is 0 Å². The van der Waals surface area contributed by atoms with Crippen molar-refractivity contribution in [2.75, 3.05) is 0 Å². The minimum absolute atomic E-state index is 0.0707. The molecule has 56 valence electrons. The molecule has 0 aromatic rings. The Morgan fingerprint density at radius 3 is 3.10 bits per heavy atom. The fourth-order valence-corrected chi connectivity index (χ4v) is 1.26. The average Bonchev–Trinajstić information content (AvgIpc) is 1.92. The molecule has 0 N–H and O–H groups in total. The van der Waals surface area contributed by atoms with Crippen molar-refractivity contribution in [2.45, 2.75) is 31.1 Å². The lowest BCUT2D eigenvalue weighted by molar-refractivity contribution is -0.114. The highest BCUT2D eigenvalue weighted by molar-refractivity contribution is 6.32. The zero-order valence-electron chi connectivity index (χ0n) is 5.85. The first kappa shape index (κ1) is 7.80. The predicted molar refractivity (Wildman–Crippen MR) is 42.3 cm³/mol. The molecule has 0 amide bonds. The first-order chi connectivity index (χ1) is 4.80. The van der Waals surface area contributed by atoms with E-state index in [2.05, 4.69) is 0 Å². The zero-order chi connectivity index (χ0) is 7.40. The molecule has 0 fully saturated rings. The highest BCUT2D eigenvalue weighted by Gasteiger charge is 2.12. The largest absolute Gasteiger partial charge is 0.293 e. The Morgan fingerprint density at radius 1 is 1.50 bits per heavy atom. The average molecular weight is 159 g/mol. The van der Waals surface area contributed by atoms with Crippen LogP contribution in [-0.4, -0.2) is 11.2 Å². The fourth-order valence-electron chi connectivity index (χ4n) is 1.03. The summed E-state index contributed by atoms with van der Waals surface area (Å²) < 4.78 is 0. The van der Waals surface area contributed by atoms with E-state index in [1.165, 1.54) is 0 Å². The molecule has 1 nitrogen and oxygen atoms in total. The Labute approximate surface area is 66.1 Å². The van der Waals surface area contributed by atoms with E-state index in [0.29, 0.717) is 0 Å². The maximum absolute atomic E-state index is 10.9. The Hall–Kier alpha value is -0.300. The third-order valence-electron chi connectivity index (χ3n) is 1.67. The van der Waals surface area contributed by atoms with E-state index in [0.717, 1.165) is 25.7 Å². The number of carbonyl (C=O) groups excluding carboxylic acids is 1. The van der Waals surface area contributed by atoms with Gasteiger partial charge in [0, 0.05) is 0 Å². The smallest absolute Gasteiger partial charge is 0.173 e. The first-order valence-corrected chi connectivity index (χ1v) is 4.09. The van der Waals surface area contributed by atoms with Crippen molar-refractivity contribution >= 4 is 17.4 Å². The van der Waals surface area contributed by atoms with Gasteiger partial charge in [-0.05, 0) is 25.3 Å². The third-order valence-corrected chi connectivity index (χ3v) is 2.10. The molecule has 2 heteroatoms. The molecule has 0 saturated carbocycles. The number of carbonyl (C=O) groups is 1. The van der Waals surface area contributed by atoms with Crippen LogP contribution in [0.25, 0.3) is 0 Å². The van der Waals surface area contributed by atoms with Crippen molar-refractivity contribution in [3.05, 3.63) is 12.2 Å². The van der Waals surface area contributed by atoms with Crippen molar-refractivity contribution in [1.29, 1.82) is 0 Å². The maximum Gasteiger partial charge on any atom is 0.173 e. The Bertz CT molecular complexity index is 151. The van der Waals surface area contributed by atoms with Gasteiger partial charge in [-0.15, -0.1) is 11.6 Å². The van der Waals surface area contributed by atoms with Gasteiger partial charge in [0.05, 0.1) is 5.38 Å². The van der Waals surface area contributed by atoms with Crippen LogP contribution in [0.5, 0.6) is 0 Å². The van der Waals surface area contributed by atoms with Gasteiger partial charge in [0.15, 0.2) is 5.78 Å². The normalized spacial score (nSPS) is 27.7. The molecule has 0 saturated heterocycles. The minimum Gasteiger partial charge on any atom is -0.293 e. The summed E-state index contributed by atoms with van der Waals surface area (Å²) in [5.74, 6) is 0.0707. The summed E-state index contributed by atoms with van der Waals surface area (Å²) in [6.07, 6.45) is 7.62. The van der Waals surface area contributed by atoms with Crippen molar-refractivity contribution < 1.29 is 4.79 Å². The number of halogens is 1. The van der Waals surface area contributed by atoms with Gasteiger partial charge in [-0.2, -0.15) is 0 Å². The van der Waals surface area contributed by atoms with Crippen molar-refractivity contribution in [3.8, 4) is 0 Å². The summed E-state index contributed by atoms with van der Waals surface area (Å²) >= 11 is 5.74. The molecule has 0 aliphatic heterocycles. The molecular weight excluding hydrogens is 148 g/mol. The monoisotopic (exact) mass is 158 g/mol. The van der Waals surface area contributed by atoms with Crippen molar-refractivity contribution in [2.24, 2.45) is 0 Å². The SMILES string of the molecule is O=C1C=CCCCCC1Cl.